The maximum absolute atomic E-state index is 10.8. The summed E-state index contributed by atoms with van der Waals surface area (Å²) in [5.74, 6) is 0. The van der Waals surface area contributed by atoms with E-state index in [9.17, 15) is 4.79 Å². The minimum atomic E-state index is -0.468. The standard InChI is InChI=1S/C7H15NO3S/c1-6(12-2)5-8-7(10)11-4-3-9/h6,9H,3-5H2,1-2H3,(H,8,10). The Kier molecular flexibility index (Phi) is 6.99. The topological polar surface area (TPSA) is 58.6 Å². The first-order valence-electron chi connectivity index (χ1n) is 3.75. The molecule has 4 nitrogen and oxygen atoms in total. The third-order valence-corrected chi connectivity index (χ3v) is 2.23. The summed E-state index contributed by atoms with van der Waals surface area (Å²) in [6.07, 6.45) is 1.51. The molecule has 5 heteroatoms. The lowest BCUT2D eigenvalue weighted by Crippen LogP contribution is -2.30. The number of hydrogen-bond acceptors (Lipinski definition) is 4. The van der Waals surface area contributed by atoms with Crippen LogP contribution in [0.1, 0.15) is 6.92 Å². The minimum Gasteiger partial charge on any atom is -0.447 e. The van der Waals surface area contributed by atoms with Crippen LogP contribution in [-0.2, 0) is 4.74 Å². The second kappa shape index (κ2) is 7.24. The summed E-state index contributed by atoms with van der Waals surface area (Å²) in [5.41, 5.74) is 0. The Morgan fingerprint density at radius 2 is 2.42 bits per heavy atom. The fraction of sp³-hybridized carbons (Fsp3) is 0.857. The van der Waals surface area contributed by atoms with Crippen LogP contribution in [0.15, 0.2) is 0 Å². The van der Waals surface area contributed by atoms with Gasteiger partial charge in [0.05, 0.1) is 6.61 Å². The molecule has 72 valence electrons. The Morgan fingerprint density at radius 1 is 1.75 bits per heavy atom. The molecule has 0 saturated carbocycles. The third-order valence-electron chi connectivity index (χ3n) is 1.26. The van der Waals surface area contributed by atoms with Gasteiger partial charge in [-0.05, 0) is 6.26 Å². The van der Waals surface area contributed by atoms with Gasteiger partial charge in [0.1, 0.15) is 6.61 Å². The summed E-state index contributed by atoms with van der Waals surface area (Å²) in [5, 5.41) is 11.3. The second-order valence-electron chi connectivity index (χ2n) is 2.29. The maximum Gasteiger partial charge on any atom is 0.407 e. The number of aliphatic hydroxyl groups is 1. The van der Waals surface area contributed by atoms with E-state index < -0.39 is 6.09 Å². The molecule has 0 aliphatic heterocycles. The number of hydrogen-bond donors (Lipinski definition) is 2. The zero-order chi connectivity index (χ0) is 9.40. The molecule has 0 saturated heterocycles. The molecule has 0 rings (SSSR count). The van der Waals surface area contributed by atoms with Crippen LogP contribution in [0.5, 0.6) is 0 Å². The number of carbonyl (C=O) groups is 1. The van der Waals surface area contributed by atoms with Crippen LogP contribution in [0.3, 0.4) is 0 Å². The van der Waals surface area contributed by atoms with E-state index >= 15 is 0 Å². The number of carbonyl (C=O) groups excluding carboxylic acids is 1. The molecule has 1 amide bonds. The van der Waals surface area contributed by atoms with Gasteiger partial charge in [-0.2, -0.15) is 11.8 Å². The summed E-state index contributed by atoms with van der Waals surface area (Å²) in [4.78, 5) is 10.8. The van der Waals surface area contributed by atoms with Crippen LogP contribution in [0.2, 0.25) is 0 Å². The smallest absolute Gasteiger partial charge is 0.407 e. The normalized spacial score (nSPS) is 12.2. The van der Waals surface area contributed by atoms with Crippen molar-refractivity contribution in [3.8, 4) is 0 Å². The molecular weight excluding hydrogens is 178 g/mol. The lowest BCUT2D eigenvalue weighted by Gasteiger charge is -2.09. The van der Waals surface area contributed by atoms with E-state index in [1.807, 2.05) is 13.2 Å². The molecule has 0 aromatic rings. The number of amides is 1. The van der Waals surface area contributed by atoms with E-state index in [-0.39, 0.29) is 13.2 Å². The SMILES string of the molecule is CSC(C)CNC(=O)OCCO. The summed E-state index contributed by atoms with van der Waals surface area (Å²) < 4.78 is 4.58. The van der Waals surface area contributed by atoms with Crippen LogP contribution >= 0.6 is 11.8 Å². The zero-order valence-corrected chi connectivity index (χ0v) is 8.19. The number of thioether (sulfide) groups is 1. The summed E-state index contributed by atoms with van der Waals surface area (Å²) >= 11 is 1.67. The summed E-state index contributed by atoms with van der Waals surface area (Å²) in [6.45, 7) is 2.52. The second-order valence-corrected chi connectivity index (χ2v) is 3.56. The van der Waals surface area contributed by atoms with Crippen molar-refractivity contribution in [2.75, 3.05) is 26.0 Å². The van der Waals surface area contributed by atoms with Crippen molar-refractivity contribution in [3.63, 3.8) is 0 Å². The van der Waals surface area contributed by atoms with Gasteiger partial charge in [-0.3, -0.25) is 0 Å². The first-order chi connectivity index (χ1) is 5.70. The molecule has 0 aliphatic carbocycles. The lowest BCUT2D eigenvalue weighted by atomic mass is 10.5. The van der Waals surface area contributed by atoms with Crippen molar-refractivity contribution in [1.29, 1.82) is 0 Å². The summed E-state index contributed by atoms with van der Waals surface area (Å²) in [6, 6.07) is 0. The molecule has 0 bridgehead atoms. The number of ether oxygens (including phenoxy) is 1. The highest BCUT2D eigenvalue weighted by Crippen LogP contribution is 2.02. The Hall–Kier alpha value is -0.420. The van der Waals surface area contributed by atoms with Crippen molar-refractivity contribution in [2.24, 2.45) is 0 Å². The minimum absolute atomic E-state index is 0.0550. The first kappa shape index (κ1) is 11.6. The lowest BCUT2D eigenvalue weighted by molar-refractivity contribution is 0.119. The molecule has 0 spiro atoms. The molecule has 0 radical (unpaired) electrons. The number of nitrogens with one attached hydrogen (secondary N) is 1. The highest BCUT2D eigenvalue weighted by molar-refractivity contribution is 7.99. The van der Waals surface area contributed by atoms with Crippen molar-refractivity contribution >= 4 is 17.9 Å². The van der Waals surface area contributed by atoms with Gasteiger partial charge in [-0.1, -0.05) is 6.92 Å². The van der Waals surface area contributed by atoms with E-state index in [2.05, 4.69) is 10.1 Å². The Bertz CT molecular complexity index is 132. The van der Waals surface area contributed by atoms with Crippen molar-refractivity contribution in [2.45, 2.75) is 12.2 Å². The molecule has 0 fully saturated rings. The fourth-order valence-electron chi connectivity index (χ4n) is 0.500. The monoisotopic (exact) mass is 193 g/mol. The van der Waals surface area contributed by atoms with E-state index in [0.29, 0.717) is 11.8 Å². The highest BCUT2D eigenvalue weighted by atomic mass is 32.2. The predicted octanol–water partition coefficient (Wildman–Crippen LogP) is 0.456. The van der Waals surface area contributed by atoms with Crippen LogP contribution in [0, 0.1) is 0 Å². The average molecular weight is 193 g/mol. The van der Waals surface area contributed by atoms with Gasteiger partial charge >= 0.3 is 6.09 Å². The average Bonchev–Trinajstić information content (AvgIpc) is 2.10. The van der Waals surface area contributed by atoms with Gasteiger partial charge in [0.15, 0.2) is 0 Å². The summed E-state index contributed by atoms with van der Waals surface area (Å²) in [7, 11) is 0. The largest absolute Gasteiger partial charge is 0.447 e. The zero-order valence-electron chi connectivity index (χ0n) is 7.37. The van der Waals surface area contributed by atoms with Gasteiger partial charge in [-0.25, -0.2) is 4.79 Å². The van der Waals surface area contributed by atoms with Crippen LogP contribution in [0.25, 0.3) is 0 Å². The molecular formula is C7H15NO3S. The van der Waals surface area contributed by atoms with Gasteiger partial charge < -0.3 is 15.2 Å². The first-order valence-corrected chi connectivity index (χ1v) is 5.03. The van der Waals surface area contributed by atoms with Crippen molar-refractivity contribution in [3.05, 3.63) is 0 Å². The quantitative estimate of drug-likeness (QED) is 0.666. The van der Waals surface area contributed by atoms with Crippen LogP contribution in [0.4, 0.5) is 4.79 Å². The number of rotatable bonds is 5. The molecule has 2 N–H and O–H groups in total. The van der Waals surface area contributed by atoms with Gasteiger partial charge in [-0.15, -0.1) is 0 Å². The van der Waals surface area contributed by atoms with Gasteiger partial charge in [0.25, 0.3) is 0 Å². The van der Waals surface area contributed by atoms with Crippen LogP contribution in [-0.4, -0.2) is 42.5 Å². The molecule has 0 aromatic heterocycles. The molecule has 12 heavy (non-hydrogen) atoms. The fourth-order valence-corrected chi connectivity index (χ4v) is 0.750. The molecule has 1 unspecified atom stereocenters. The predicted molar refractivity (Wildman–Crippen MR) is 49.4 cm³/mol. The highest BCUT2D eigenvalue weighted by Gasteiger charge is 2.03. The van der Waals surface area contributed by atoms with Crippen LogP contribution < -0.4 is 5.32 Å². The number of aliphatic hydroxyl groups excluding tert-OH is 1. The molecule has 0 heterocycles. The Labute approximate surface area is 76.7 Å². The van der Waals surface area contributed by atoms with E-state index in [4.69, 9.17) is 5.11 Å². The van der Waals surface area contributed by atoms with E-state index in [1.54, 1.807) is 11.8 Å². The molecule has 0 aliphatic rings. The van der Waals surface area contributed by atoms with Gasteiger partial charge in [0.2, 0.25) is 0 Å². The van der Waals surface area contributed by atoms with Crippen molar-refractivity contribution in [1.82, 2.24) is 5.32 Å². The Morgan fingerprint density at radius 3 is 2.92 bits per heavy atom. The van der Waals surface area contributed by atoms with E-state index in [1.165, 1.54) is 0 Å². The maximum atomic E-state index is 10.8. The van der Waals surface area contributed by atoms with Crippen molar-refractivity contribution < 1.29 is 14.6 Å². The van der Waals surface area contributed by atoms with E-state index in [0.717, 1.165) is 0 Å². The van der Waals surface area contributed by atoms with Gasteiger partial charge in [0, 0.05) is 11.8 Å². The molecule has 1 atom stereocenters. The molecule has 0 aromatic carbocycles. The number of alkyl carbamates (subject to hydrolysis) is 1. The Balaban J connectivity index is 3.31. The third kappa shape index (κ3) is 6.30.